The Morgan fingerprint density at radius 1 is 1.16 bits per heavy atom. The standard InChI is InChI=1S/C16H32INO/c1-6-15(3,12-16(4,7-2)19-5)13-18-10-8-14(17)9-11-18/h14H,6-13H2,1-5H3. The Kier molecular flexibility index (Phi) is 7.08. The lowest BCUT2D eigenvalue weighted by molar-refractivity contribution is -0.0429. The van der Waals surface area contributed by atoms with Crippen molar-refractivity contribution in [2.75, 3.05) is 26.7 Å². The topological polar surface area (TPSA) is 12.5 Å². The van der Waals surface area contributed by atoms with Crippen LogP contribution in [0.5, 0.6) is 0 Å². The molecule has 3 heteroatoms. The van der Waals surface area contributed by atoms with Crippen LogP contribution in [0.15, 0.2) is 0 Å². The highest BCUT2D eigenvalue weighted by molar-refractivity contribution is 14.1. The number of methoxy groups -OCH3 is 1. The quantitative estimate of drug-likeness (QED) is 0.475. The fraction of sp³-hybridized carbons (Fsp3) is 1.00. The first-order chi connectivity index (χ1) is 8.86. The van der Waals surface area contributed by atoms with E-state index in [0.29, 0.717) is 5.41 Å². The van der Waals surface area contributed by atoms with Gasteiger partial charge in [-0.15, -0.1) is 0 Å². The summed E-state index contributed by atoms with van der Waals surface area (Å²) in [4.78, 5) is 2.67. The Hall–Kier alpha value is 0.650. The maximum absolute atomic E-state index is 5.77. The molecule has 2 unspecified atom stereocenters. The smallest absolute Gasteiger partial charge is 0.0653 e. The van der Waals surface area contributed by atoms with E-state index >= 15 is 0 Å². The maximum Gasteiger partial charge on any atom is 0.0653 e. The highest BCUT2D eigenvalue weighted by atomic mass is 127. The molecule has 2 atom stereocenters. The molecule has 114 valence electrons. The number of ether oxygens (including phenoxy) is 1. The molecular weight excluding hydrogens is 349 g/mol. The fourth-order valence-corrected chi connectivity index (χ4v) is 3.69. The third-order valence-corrected chi connectivity index (χ3v) is 6.26. The molecule has 0 amide bonds. The van der Waals surface area contributed by atoms with Gasteiger partial charge in [0.2, 0.25) is 0 Å². The molecule has 0 N–H and O–H groups in total. The first-order valence-electron chi connectivity index (χ1n) is 7.78. The SMILES string of the molecule is CCC(C)(CN1CCC(I)CC1)CC(C)(CC)OC. The lowest BCUT2D eigenvalue weighted by Crippen LogP contribution is -2.44. The highest BCUT2D eigenvalue weighted by Crippen LogP contribution is 2.36. The van der Waals surface area contributed by atoms with Gasteiger partial charge >= 0.3 is 0 Å². The second kappa shape index (κ2) is 7.60. The summed E-state index contributed by atoms with van der Waals surface area (Å²) in [5.74, 6) is 0. The number of hydrogen-bond donors (Lipinski definition) is 0. The lowest BCUT2D eigenvalue weighted by atomic mass is 9.75. The van der Waals surface area contributed by atoms with Crippen LogP contribution >= 0.6 is 22.6 Å². The zero-order chi connectivity index (χ0) is 14.5. The van der Waals surface area contributed by atoms with E-state index in [9.17, 15) is 0 Å². The number of nitrogens with zero attached hydrogens (tertiary/aromatic N) is 1. The Morgan fingerprint density at radius 3 is 2.16 bits per heavy atom. The molecule has 1 aliphatic rings. The molecule has 0 aromatic heterocycles. The molecule has 0 aromatic rings. The molecular formula is C16H32INO. The van der Waals surface area contributed by atoms with Gasteiger partial charge in [-0.3, -0.25) is 0 Å². The van der Waals surface area contributed by atoms with Crippen molar-refractivity contribution in [2.45, 2.75) is 69.3 Å². The van der Waals surface area contributed by atoms with Gasteiger partial charge in [0.25, 0.3) is 0 Å². The summed E-state index contributed by atoms with van der Waals surface area (Å²) in [5.41, 5.74) is 0.408. The number of piperidine rings is 1. The minimum Gasteiger partial charge on any atom is -0.379 e. The average Bonchev–Trinajstić information content (AvgIpc) is 2.41. The Morgan fingerprint density at radius 2 is 1.74 bits per heavy atom. The van der Waals surface area contributed by atoms with Gasteiger partial charge in [-0.05, 0) is 57.5 Å². The van der Waals surface area contributed by atoms with E-state index in [2.05, 4.69) is 55.2 Å². The third-order valence-electron chi connectivity index (χ3n) is 5.02. The van der Waals surface area contributed by atoms with Crippen LogP contribution in [0.25, 0.3) is 0 Å². The van der Waals surface area contributed by atoms with E-state index in [1.165, 1.54) is 38.9 Å². The summed E-state index contributed by atoms with van der Waals surface area (Å²) < 4.78 is 6.66. The van der Waals surface area contributed by atoms with Crippen molar-refractivity contribution in [3.05, 3.63) is 0 Å². The minimum atomic E-state index is 0.0341. The number of likely N-dealkylation sites (tertiary alicyclic amines) is 1. The van der Waals surface area contributed by atoms with Crippen LogP contribution in [-0.4, -0.2) is 41.2 Å². The van der Waals surface area contributed by atoms with Gasteiger partial charge in [0.1, 0.15) is 0 Å². The molecule has 1 aliphatic heterocycles. The van der Waals surface area contributed by atoms with Gasteiger partial charge in [-0.1, -0.05) is 43.4 Å². The van der Waals surface area contributed by atoms with E-state index in [4.69, 9.17) is 4.74 Å². The molecule has 0 spiro atoms. The summed E-state index contributed by atoms with van der Waals surface area (Å²) in [7, 11) is 1.86. The monoisotopic (exact) mass is 381 g/mol. The van der Waals surface area contributed by atoms with E-state index in [-0.39, 0.29) is 5.60 Å². The van der Waals surface area contributed by atoms with E-state index in [1.54, 1.807) is 0 Å². The molecule has 1 heterocycles. The maximum atomic E-state index is 5.77. The van der Waals surface area contributed by atoms with Gasteiger partial charge in [0, 0.05) is 17.6 Å². The molecule has 0 radical (unpaired) electrons. The number of alkyl halides is 1. The molecule has 19 heavy (non-hydrogen) atoms. The van der Waals surface area contributed by atoms with Crippen LogP contribution in [0, 0.1) is 5.41 Å². The van der Waals surface area contributed by atoms with Gasteiger partial charge in [-0.2, -0.15) is 0 Å². The van der Waals surface area contributed by atoms with Gasteiger partial charge in [-0.25, -0.2) is 0 Å². The summed E-state index contributed by atoms with van der Waals surface area (Å²) in [6, 6.07) is 0. The number of rotatable bonds is 7. The zero-order valence-electron chi connectivity index (χ0n) is 13.5. The second-order valence-electron chi connectivity index (χ2n) is 6.80. The van der Waals surface area contributed by atoms with Gasteiger partial charge in [0.15, 0.2) is 0 Å². The van der Waals surface area contributed by atoms with Crippen molar-refractivity contribution >= 4 is 22.6 Å². The van der Waals surface area contributed by atoms with Crippen molar-refractivity contribution in [3.8, 4) is 0 Å². The Labute approximate surface area is 133 Å². The van der Waals surface area contributed by atoms with Crippen molar-refractivity contribution in [3.63, 3.8) is 0 Å². The third kappa shape index (κ3) is 5.50. The van der Waals surface area contributed by atoms with Crippen LogP contribution in [0.4, 0.5) is 0 Å². The second-order valence-corrected chi connectivity index (χ2v) is 8.56. The molecule has 1 saturated heterocycles. The predicted octanol–water partition coefficient (Wildman–Crippen LogP) is 4.51. The fourth-order valence-electron chi connectivity index (χ4n) is 3.14. The van der Waals surface area contributed by atoms with Crippen LogP contribution in [0.1, 0.15) is 59.8 Å². The largest absolute Gasteiger partial charge is 0.379 e. The summed E-state index contributed by atoms with van der Waals surface area (Å²) >= 11 is 2.60. The normalized spacial score (nSPS) is 24.9. The molecule has 1 rings (SSSR count). The van der Waals surface area contributed by atoms with Crippen LogP contribution < -0.4 is 0 Å². The first kappa shape index (κ1) is 17.7. The first-order valence-corrected chi connectivity index (χ1v) is 9.02. The van der Waals surface area contributed by atoms with Crippen molar-refractivity contribution in [1.82, 2.24) is 4.90 Å². The molecule has 2 nitrogen and oxygen atoms in total. The molecule has 0 aliphatic carbocycles. The summed E-state index contributed by atoms with van der Waals surface area (Å²) in [6.45, 7) is 13.1. The minimum absolute atomic E-state index is 0.0341. The molecule has 1 fully saturated rings. The van der Waals surface area contributed by atoms with Gasteiger partial charge < -0.3 is 9.64 Å². The Balaban J connectivity index is 2.59. The lowest BCUT2D eigenvalue weighted by Gasteiger charge is -2.42. The number of halogens is 1. The van der Waals surface area contributed by atoms with Crippen LogP contribution in [-0.2, 0) is 4.74 Å². The summed E-state index contributed by atoms with van der Waals surface area (Å²) in [5, 5.41) is 0. The van der Waals surface area contributed by atoms with E-state index in [1.807, 2.05) is 7.11 Å². The zero-order valence-corrected chi connectivity index (χ0v) is 15.6. The van der Waals surface area contributed by atoms with E-state index in [0.717, 1.165) is 16.8 Å². The predicted molar refractivity (Wildman–Crippen MR) is 92.2 cm³/mol. The average molecular weight is 381 g/mol. The molecule has 0 saturated carbocycles. The van der Waals surface area contributed by atoms with Crippen molar-refractivity contribution in [1.29, 1.82) is 0 Å². The number of hydrogen-bond acceptors (Lipinski definition) is 2. The highest BCUT2D eigenvalue weighted by Gasteiger charge is 2.35. The molecule has 0 bridgehead atoms. The van der Waals surface area contributed by atoms with E-state index < -0.39 is 0 Å². The van der Waals surface area contributed by atoms with Crippen LogP contribution in [0.2, 0.25) is 0 Å². The summed E-state index contributed by atoms with van der Waals surface area (Å²) in [6.07, 6.45) is 6.20. The van der Waals surface area contributed by atoms with Crippen LogP contribution in [0.3, 0.4) is 0 Å². The van der Waals surface area contributed by atoms with Gasteiger partial charge in [0.05, 0.1) is 5.60 Å². The van der Waals surface area contributed by atoms with Crippen molar-refractivity contribution in [2.24, 2.45) is 5.41 Å². The molecule has 0 aromatic carbocycles. The Bertz CT molecular complexity index is 259. The van der Waals surface area contributed by atoms with Crippen molar-refractivity contribution < 1.29 is 4.74 Å².